The van der Waals surface area contributed by atoms with Crippen molar-refractivity contribution in [1.29, 1.82) is 0 Å². The molecule has 2 N–H and O–H groups in total. The molecule has 1 fully saturated rings. The zero-order chi connectivity index (χ0) is 11.8. The summed E-state index contributed by atoms with van der Waals surface area (Å²) in [5.41, 5.74) is 5.25. The number of nitrogens with zero attached hydrogens (tertiary/aromatic N) is 1. The van der Waals surface area contributed by atoms with Gasteiger partial charge in [-0.3, -0.25) is 9.69 Å². The molecule has 0 bridgehead atoms. The Morgan fingerprint density at radius 1 is 1.27 bits per heavy atom. The highest BCUT2D eigenvalue weighted by molar-refractivity contribution is 5.79. The molecule has 1 aliphatic heterocycles. The first-order valence-corrected chi connectivity index (χ1v) is 5.94. The molecule has 1 amide bonds. The third kappa shape index (κ3) is 7.37. The molecule has 0 aliphatic carbocycles. The summed E-state index contributed by atoms with van der Waals surface area (Å²) in [7, 11) is 1.97. The molecular formula is C12H26N2O. The molecular weight excluding hydrogens is 188 g/mol. The Balaban J connectivity index is 0.000000423. The van der Waals surface area contributed by atoms with Crippen LogP contribution in [-0.2, 0) is 4.79 Å². The molecule has 0 aromatic rings. The van der Waals surface area contributed by atoms with E-state index in [2.05, 4.69) is 25.7 Å². The van der Waals surface area contributed by atoms with Crippen molar-refractivity contribution in [3.05, 3.63) is 0 Å². The number of nitrogens with two attached hydrogens (primary N) is 1. The SMILES string of the molecule is CC(C)C.CN1CCCCCC1C(N)=O. The molecule has 0 spiro atoms. The topological polar surface area (TPSA) is 46.3 Å². The standard InChI is InChI=1S/C8H16N2O.C4H10/c1-10-6-4-2-3-5-7(10)8(9)11;1-4(2)3/h7H,2-6H2,1H3,(H2,9,11);4H,1-3H3. The molecule has 0 saturated carbocycles. The van der Waals surface area contributed by atoms with Gasteiger partial charge in [0, 0.05) is 0 Å². The summed E-state index contributed by atoms with van der Waals surface area (Å²) in [6.45, 7) is 7.51. The number of carbonyl (C=O) groups is 1. The summed E-state index contributed by atoms with van der Waals surface area (Å²) in [5, 5.41) is 0. The van der Waals surface area contributed by atoms with Crippen LogP contribution in [-0.4, -0.2) is 30.4 Å². The van der Waals surface area contributed by atoms with Crippen molar-refractivity contribution in [2.45, 2.75) is 52.5 Å². The minimum Gasteiger partial charge on any atom is -0.368 e. The molecule has 90 valence electrons. The van der Waals surface area contributed by atoms with Gasteiger partial charge in [0.1, 0.15) is 0 Å². The first-order chi connectivity index (χ1) is 6.95. The molecule has 1 atom stereocenters. The van der Waals surface area contributed by atoms with Crippen molar-refractivity contribution in [3.8, 4) is 0 Å². The van der Waals surface area contributed by atoms with Gasteiger partial charge in [-0.25, -0.2) is 0 Å². The van der Waals surface area contributed by atoms with E-state index in [9.17, 15) is 4.79 Å². The Bertz CT molecular complexity index is 178. The lowest BCUT2D eigenvalue weighted by Gasteiger charge is -2.21. The van der Waals surface area contributed by atoms with Crippen LogP contribution in [0.5, 0.6) is 0 Å². The number of hydrogen-bond acceptors (Lipinski definition) is 2. The predicted octanol–water partition coefficient (Wildman–Crippen LogP) is 2.01. The molecule has 0 aromatic heterocycles. The summed E-state index contributed by atoms with van der Waals surface area (Å²) >= 11 is 0. The summed E-state index contributed by atoms with van der Waals surface area (Å²) < 4.78 is 0. The fraction of sp³-hybridized carbons (Fsp3) is 0.917. The number of amides is 1. The largest absolute Gasteiger partial charge is 0.368 e. The van der Waals surface area contributed by atoms with Crippen LogP contribution in [0.15, 0.2) is 0 Å². The summed E-state index contributed by atoms with van der Waals surface area (Å²) in [6, 6.07) is -0.0162. The van der Waals surface area contributed by atoms with Crippen molar-refractivity contribution in [2.75, 3.05) is 13.6 Å². The second-order valence-electron chi connectivity index (χ2n) is 4.98. The fourth-order valence-corrected chi connectivity index (χ4v) is 1.61. The molecule has 3 heteroatoms. The van der Waals surface area contributed by atoms with Gasteiger partial charge >= 0.3 is 0 Å². The van der Waals surface area contributed by atoms with Crippen LogP contribution in [0.25, 0.3) is 0 Å². The number of likely N-dealkylation sites (N-methyl/N-ethyl adjacent to an activating group) is 1. The minimum atomic E-state index is -0.172. The highest BCUT2D eigenvalue weighted by atomic mass is 16.1. The number of carbonyl (C=O) groups excluding carboxylic acids is 1. The van der Waals surface area contributed by atoms with Crippen molar-refractivity contribution < 1.29 is 4.79 Å². The number of hydrogen-bond donors (Lipinski definition) is 1. The molecule has 0 radical (unpaired) electrons. The van der Waals surface area contributed by atoms with Gasteiger partial charge in [-0.1, -0.05) is 33.6 Å². The van der Waals surface area contributed by atoms with Crippen LogP contribution in [0.3, 0.4) is 0 Å². The van der Waals surface area contributed by atoms with Gasteiger partial charge in [-0.05, 0) is 32.4 Å². The van der Waals surface area contributed by atoms with Crippen LogP contribution in [0.1, 0.15) is 46.5 Å². The molecule has 1 heterocycles. The van der Waals surface area contributed by atoms with E-state index in [-0.39, 0.29) is 11.9 Å². The maximum Gasteiger partial charge on any atom is 0.234 e. The second kappa shape index (κ2) is 7.69. The molecule has 3 nitrogen and oxygen atoms in total. The summed E-state index contributed by atoms with van der Waals surface area (Å²) in [6.07, 6.45) is 4.50. The Hall–Kier alpha value is -0.570. The van der Waals surface area contributed by atoms with E-state index in [1.807, 2.05) is 7.05 Å². The van der Waals surface area contributed by atoms with Crippen molar-refractivity contribution in [1.82, 2.24) is 4.90 Å². The highest BCUT2D eigenvalue weighted by Gasteiger charge is 2.21. The molecule has 0 aromatic carbocycles. The van der Waals surface area contributed by atoms with Gasteiger partial charge in [0.25, 0.3) is 0 Å². The van der Waals surface area contributed by atoms with Gasteiger partial charge in [-0.15, -0.1) is 0 Å². The number of rotatable bonds is 1. The summed E-state index contributed by atoms with van der Waals surface area (Å²) in [4.78, 5) is 13.0. The normalized spacial score (nSPS) is 22.9. The maximum atomic E-state index is 10.9. The van der Waals surface area contributed by atoms with E-state index in [4.69, 9.17) is 5.73 Å². The van der Waals surface area contributed by atoms with Crippen molar-refractivity contribution in [2.24, 2.45) is 11.7 Å². The zero-order valence-electron chi connectivity index (χ0n) is 10.6. The van der Waals surface area contributed by atoms with Gasteiger partial charge in [0.05, 0.1) is 6.04 Å². The van der Waals surface area contributed by atoms with E-state index >= 15 is 0 Å². The molecule has 1 aliphatic rings. The minimum absolute atomic E-state index is 0.0162. The predicted molar refractivity (Wildman–Crippen MR) is 64.6 cm³/mol. The third-order valence-corrected chi connectivity index (χ3v) is 2.35. The highest BCUT2D eigenvalue weighted by Crippen LogP contribution is 2.14. The Morgan fingerprint density at radius 2 is 1.80 bits per heavy atom. The zero-order valence-corrected chi connectivity index (χ0v) is 10.6. The van der Waals surface area contributed by atoms with Crippen LogP contribution < -0.4 is 5.73 Å². The van der Waals surface area contributed by atoms with Crippen molar-refractivity contribution in [3.63, 3.8) is 0 Å². The summed E-state index contributed by atoms with van der Waals surface area (Å²) in [5.74, 6) is 0.661. The van der Waals surface area contributed by atoms with Crippen LogP contribution in [0.4, 0.5) is 0 Å². The van der Waals surface area contributed by atoms with Gasteiger partial charge in [0.15, 0.2) is 0 Å². The smallest absolute Gasteiger partial charge is 0.234 e. The Morgan fingerprint density at radius 3 is 2.27 bits per heavy atom. The van der Waals surface area contributed by atoms with Gasteiger partial charge < -0.3 is 5.73 Å². The van der Waals surface area contributed by atoms with Crippen molar-refractivity contribution >= 4 is 5.91 Å². The second-order valence-corrected chi connectivity index (χ2v) is 4.98. The third-order valence-electron chi connectivity index (χ3n) is 2.35. The average Bonchev–Trinajstić information content (AvgIpc) is 2.28. The van der Waals surface area contributed by atoms with E-state index in [0.29, 0.717) is 0 Å². The number of primary amides is 1. The first-order valence-electron chi connectivity index (χ1n) is 5.94. The van der Waals surface area contributed by atoms with E-state index in [1.165, 1.54) is 12.8 Å². The molecule has 1 rings (SSSR count). The fourth-order valence-electron chi connectivity index (χ4n) is 1.61. The van der Waals surface area contributed by atoms with E-state index < -0.39 is 0 Å². The number of likely N-dealkylation sites (tertiary alicyclic amines) is 1. The maximum absolute atomic E-state index is 10.9. The van der Waals surface area contributed by atoms with Gasteiger partial charge in [-0.2, -0.15) is 0 Å². The lowest BCUT2D eigenvalue weighted by molar-refractivity contribution is -0.122. The molecule has 1 unspecified atom stereocenters. The lowest BCUT2D eigenvalue weighted by Crippen LogP contribution is -2.41. The quantitative estimate of drug-likeness (QED) is 0.726. The average molecular weight is 214 g/mol. The van der Waals surface area contributed by atoms with Gasteiger partial charge in [0.2, 0.25) is 5.91 Å². The Labute approximate surface area is 94.0 Å². The first kappa shape index (κ1) is 14.4. The van der Waals surface area contributed by atoms with E-state index in [1.54, 1.807) is 0 Å². The molecule has 1 saturated heterocycles. The lowest BCUT2D eigenvalue weighted by atomic mass is 10.1. The Kier molecular flexibility index (Phi) is 7.39. The van der Waals surface area contributed by atoms with Crippen LogP contribution >= 0.6 is 0 Å². The van der Waals surface area contributed by atoms with Crippen LogP contribution in [0.2, 0.25) is 0 Å². The van der Waals surface area contributed by atoms with Crippen LogP contribution in [0, 0.1) is 5.92 Å². The monoisotopic (exact) mass is 214 g/mol. The van der Waals surface area contributed by atoms with E-state index in [0.717, 1.165) is 25.3 Å². The molecule has 15 heavy (non-hydrogen) atoms.